The first-order chi connectivity index (χ1) is 8.16. The van der Waals surface area contributed by atoms with Crippen LogP contribution in [0.3, 0.4) is 0 Å². The second-order valence-electron chi connectivity index (χ2n) is 3.17. The largest absolute Gasteiger partial charge is 0.476 e. The SMILES string of the molecule is O=C(O)c1nc(CSc2ccccc2Br)cs1. The summed E-state index contributed by atoms with van der Waals surface area (Å²) in [4.78, 5) is 15.8. The van der Waals surface area contributed by atoms with Crippen molar-refractivity contribution >= 4 is 45.0 Å². The maximum atomic E-state index is 10.7. The first-order valence-electron chi connectivity index (χ1n) is 4.72. The first kappa shape index (κ1) is 12.6. The minimum atomic E-state index is -0.966. The number of hydrogen-bond acceptors (Lipinski definition) is 4. The zero-order chi connectivity index (χ0) is 12.3. The second kappa shape index (κ2) is 5.66. The summed E-state index contributed by atoms with van der Waals surface area (Å²) in [5.74, 6) is -0.293. The average Bonchev–Trinajstić information content (AvgIpc) is 2.77. The second-order valence-corrected chi connectivity index (χ2v) is 5.90. The monoisotopic (exact) mass is 329 g/mol. The molecular weight excluding hydrogens is 322 g/mol. The van der Waals surface area contributed by atoms with Crippen LogP contribution >= 0.6 is 39.0 Å². The standard InChI is InChI=1S/C11H8BrNO2S2/c12-8-3-1-2-4-9(8)16-5-7-6-17-10(13-7)11(14)15/h1-4,6H,5H2,(H,14,15). The lowest BCUT2D eigenvalue weighted by Gasteiger charge is -2.01. The summed E-state index contributed by atoms with van der Waals surface area (Å²) in [7, 11) is 0. The van der Waals surface area contributed by atoms with Gasteiger partial charge in [-0.1, -0.05) is 12.1 Å². The lowest BCUT2D eigenvalue weighted by molar-refractivity contribution is 0.0696. The number of nitrogens with zero attached hydrogens (tertiary/aromatic N) is 1. The molecule has 2 rings (SSSR count). The number of aromatic carboxylic acids is 1. The van der Waals surface area contributed by atoms with Gasteiger partial charge in [0.1, 0.15) is 0 Å². The molecule has 0 saturated heterocycles. The number of rotatable bonds is 4. The molecule has 17 heavy (non-hydrogen) atoms. The average molecular weight is 330 g/mol. The molecule has 1 aromatic heterocycles. The summed E-state index contributed by atoms with van der Waals surface area (Å²) in [5.41, 5.74) is 0.799. The summed E-state index contributed by atoms with van der Waals surface area (Å²) >= 11 is 6.26. The van der Waals surface area contributed by atoms with E-state index in [1.165, 1.54) is 0 Å². The summed E-state index contributed by atoms with van der Waals surface area (Å²) in [6.45, 7) is 0. The Labute approximate surface area is 115 Å². The fourth-order valence-electron chi connectivity index (χ4n) is 1.18. The van der Waals surface area contributed by atoms with Gasteiger partial charge in [-0.3, -0.25) is 0 Å². The number of carboxylic acids is 1. The highest BCUT2D eigenvalue weighted by Crippen LogP contribution is 2.29. The first-order valence-corrected chi connectivity index (χ1v) is 7.37. The van der Waals surface area contributed by atoms with E-state index in [0.717, 1.165) is 26.4 Å². The Balaban J connectivity index is 2.02. The number of carboxylic acid groups (broad SMARTS) is 1. The number of thioether (sulfide) groups is 1. The van der Waals surface area contributed by atoms with E-state index in [4.69, 9.17) is 5.11 Å². The van der Waals surface area contributed by atoms with Gasteiger partial charge in [0.25, 0.3) is 0 Å². The third-order valence-electron chi connectivity index (χ3n) is 1.95. The van der Waals surface area contributed by atoms with E-state index in [1.807, 2.05) is 24.3 Å². The minimum absolute atomic E-state index is 0.146. The van der Waals surface area contributed by atoms with Crippen molar-refractivity contribution in [1.82, 2.24) is 4.98 Å². The Morgan fingerprint density at radius 1 is 1.47 bits per heavy atom. The van der Waals surface area contributed by atoms with E-state index in [-0.39, 0.29) is 5.01 Å². The van der Waals surface area contributed by atoms with Gasteiger partial charge in [-0.25, -0.2) is 9.78 Å². The maximum absolute atomic E-state index is 10.7. The van der Waals surface area contributed by atoms with Crippen LogP contribution in [0.15, 0.2) is 39.0 Å². The van der Waals surface area contributed by atoms with Gasteiger partial charge in [-0.15, -0.1) is 23.1 Å². The van der Waals surface area contributed by atoms with Crippen molar-refractivity contribution in [2.75, 3.05) is 0 Å². The summed E-state index contributed by atoms with van der Waals surface area (Å²) in [6, 6.07) is 7.92. The van der Waals surface area contributed by atoms with Gasteiger partial charge < -0.3 is 5.11 Å². The molecule has 0 fully saturated rings. The topological polar surface area (TPSA) is 50.2 Å². The third-order valence-corrected chi connectivity index (χ3v) is 4.89. The van der Waals surface area contributed by atoms with Gasteiger partial charge in [-0.05, 0) is 28.1 Å². The number of hydrogen-bond donors (Lipinski definition) is 1. The van der Waals surface area contributed by atoms with Crippen molar-refractivity contribution in [3.63, 3.8) is 0 Å². The van der Waals surface area contributed by atoms with Crippen molar-refractivity contribution < 1.29 is 9.90 Å². The molecule has 0 aliphatic carbocycles. The van der Waals surface area contributed by atoms with Crippen LogP contribution in [0.1, 0.15) is 15.5 Å². The lowest BCUT2D eigenvalue weighted by Crippen LogP contribution is -1.94. The number of thiazole rings is 1. The Morgan fingerprint density at radius 3 is 2.88 bits per heavy atom. The smallest absolute Gasteiger partial charge is 0.365 e. The van der Waals surface area contributed by atoms with Gasteiger partial charge in [0, 0.05) is 20.5 Å². The van der Waals surface area contributed by atoms with E-state index in [9.17, 15) is 4.79 Å². The highest BCUT2D eigenvalue weighted by molar-refractivity contribution is 9.10. The zero-order valence-corrected chi connectivity index (χ0v) is 11.8. The molecule has 0 aliphatic heterocycles. The Morgan fingerprint density at radius 2 is 2.24 bits per heavy atom. The number of carbonyl (C=O) groups is 1. The molecule has 0 unspecified atom stereocenters. The van der Waals surface area contributed by atoms with E-state index in [1.54, 1.807) is 17.1 Å². The van der Waals surface area contributed by atoms with Gasteiger partial charge in [0.05, 0.1) is 5.69 Å². The van der Waals surface area contributed by atoms with Crippen molar-refractivity contribution in [3.05, 3.63) is 44.8 Å². The van der Waals surface area contributed by atoms with Crippen molar-refractivity contribution in [2.24, 2.45) is 0 Å². The van der Waals surface area contributed by atoms with Crippen LogP contribution in [0, 0.1) is 0 Å². The molecule has 0 spiro atoms. The highest BCUT2D eigenvalue weighted by Gasteiger charge is 2.09. The van der Waals surface area contributed by atoms with Crippen LogP contribution in [0.2, 0.25) is 0 Å². The molecular formula is C11H8BrNO2S2. The highest BCUT2D eigenvalue weighted by atomic mass is 79.9. The summed E-state index contributed by atoms with van der Waals surface area (Å²) in [5, 5.41) is 10.7. The molecule has 1 N–H and O–H groups in total. The third kappa shape index (κ3) is 3.31. The molecule has 0 saturated carbocycles. The molecule has 0 aliphatic rings. The van der Waals surface area contributed by atoms with Crippen LogP contribution in [0.4, 0.5) is 0 Å². The van der Waals surface area contributed by atoms with Crippen LogP contribution in [0.25, 0.3) is 0 Å². The quantitative estimate of drug-likeness (QED) is 0.864. The van der Waals surface area contributed by atoms with Crippen LogP contribution in [-0.4, -0.2) is 16.1 Å². The summed E-state index contributed by atoms with van der Waals surface area (Å²) < 4.78 is 1.04. The van der Waals surface area contributed by atoms with Gasteiger partial charge in [-0.2, -0.15) is 0 Å². The van der Waals surface area contributed by atoms with Gasteiger partial charge >= 0.3 is 5.97 Å². The van der Waals surface area contributed by atoms with E-state index in [0.29, 0.717) is 5.75 Å². The van der Waals surface area contributed by atoms with Crippen molar-refractivity contribution in [2.45, 2.75) is 10.6 Å². The normalized spacial score (nSPS) is 10.4. The molecule has 3 nitrogen and oxygen atoms in total. The van der Waals surface area contributed by atoms with E-state index in [2.05, 4.69) is 20.9 Å². The molecule has 0 radical (unpaired) electrons. The zero-order valence-electron chi connectivity index (χ0n) is 8.59. The van der Waals surface area contributed by atoms with Crippen LogP contribution in [-0.2, 0) is 5.75 Å². The Hall–Kier alpha value is -0.850. The van der Waals surface area contributed by atoms with Gasteiger partial charge in [0.15, 0.2) is 0 Å². The Bertz CT molecular complexity index is 542. The number of aromatic nitrogens is 1. The molecule has 0 bridgehead atoms. The molecule has 88 valence electrons. The molecule has 1 heterocycles. The molecule has 0 amide bonds. The van der Waals surface area contributed by atoms with Crippen molar-refractivity contribution in [3.8, 4) is 0 Å². The Kier molecular flexibility index (Phi) is 4.20. The number of halogens is 1. The van der Waals surface area contributed by atoms with Crippen LogP contribution < -0.4 is 0 Å². The molecule has 1 aromatic carbocycles. The molecule has 2 aromatic rings. The summed E-state index contributed by atoms with van der Waals surface area (Å²) in [6.07, 6.45) is 0. The fourth-order valence-corrected chi connectivity index (χ4v) is 3.41. The van der Waals surface area contributed by atoms with E-state index >= 15 is 0 Å². The number of benzene rings is 1. The minimum Gasteiger partial charge on any atom is -0.476 e. The molecule has 0 atom stereocenters. The van der Waals surface area contributed by atoms with Gasteiger partial charge in [0.2, 0.25) is 5.01 Å². The fraction of sp³-hybridized carbons (Fsp3) is 0.0909. The lowest BCUT2D eigenvalue weighted by atomic mass is 10.4. The van der Waals surface area contributed by atoms with Crippen LogP contribution in [0.5, 0.6) is 0 Å². The maximum Gasteiger partial charge on any atom is 0.365 e. The molecule has 6 heteroatoms. The van der Waals surface area contributed by atoms with Crippen molar-refractivity contribution in [1.29, 1.82) is 0 Å². The predicted molar refractivity (Wildman–Crippen MR) is 72.8 cm³/mol. The van der Waals surface area contributed by atoms with E-state index < -0.39 is 5.97 Å². The predicted octanol–water partition coefficient (Wildman–Crippen LogP) is 3.90.